The van der Waals surface area contributed by atoms with Gasteiger partial charge in [0.05, 0.1) is 29.5 Å². The Bertz CT molecular complexity index is 512. The summed E-state index contributed by atoms with van der Waals surface area (Å²) in [5.41, 5.74) is 2.01. The van der Waals surface area contributed by atoms with Crippen LogP contribution in [0.5, 0.6) is 5.75 Å². The van der Waals surface area contributed by atoms with E-state index < -0.39 is 0 Å². The van der Waals surface area contributed by atoms with Gasteiger partial charge in [0.25, 0.3) is 0 Å². The van der Waals surface area contributed by atoms with Crippen molar-refractivity contribution in [2.75, 3.05) is 14.2 Å². The lowest BCUT2D eigenvalue weighted by Crippen LogP contribution is -2.21. The number of ether oxygens (including phenoxy) is 1. The first kappa shape index (κ1) is 13.0. The number of likely N-dealkylation sites (N-methyl/N-ethyl adjacent to an activating group) is 1. The molecule has 1 N–H and O–H groups in total. The Kier molecular flexibility index (Phi) is 4.28. The second-order valence-electron chi connectivity index (χ2n) is 3.99. The van der Waals surface area contributed by atoms with Crippen LogP contribution >= 0.6 is 11.3 Å². The number of nitrogens with zero attached hydrogens (tertiary/aromatic N) is 2. The van der Waals surface area contributed by atoms with Crippen molar-refractivity contribution in [2.45, 2.75) is 19.4 Å². The highest BCUT2D eigenvalue weighted by molar-refractivity contribution is 7.09. The van der Waals surface area contributed by atoms with E-state index in [9.17, 15) is 0 Å². The van der Waals surface area contributed by atoms with Crippen LogP contribution in [0.3, 0.4) is 0 Å². The minimum Gasteiger partial charge on any atom is -0.495 e. The third kappa shape index (κ3) is 2.86. The highest BCUT2D eigenvalue weighted by atomic mass is 32.1. The molecule has 18 heavy (non-hydrogen) atoms. The number of aromatic nitrogens is 2. The van der Waals surface area contributed by atoms with E-state index in [4.69, 9.17) is 4.74 Å². The molecule has 0 aliphatic heterocycles. The first-order valence-corrected chi connectivity index (χ1v) is 6.69. The molecule has 0 saturated carbocycles. The molecule has 2 aromatic heterocycles. The molecule has 0 saturated heterocycles. The van der Waals surface area contributed by atoms with Crippen LogP contribution in [0.2, 0.25) is 0 Å². The lowest BCUT2D eigenvalue weighted by Gasteiger charge is -2.17. The van der Waals surface area contributed by atoms with Crippen LogP contribution in [0.4, 0.5) is 0 Å². The second kappa shape index (κ2) is 5.93. The SMILES string of the molecule is CNC(Cc1csc(C)n1)c1ncccc1OC. The lowest BCUT2D eigenvalue weighted by molar-refractivity contribution is 0.396. The zero-order valence-electron chi connectivity index (χ0n) is 10.8. The standard InChI is InChI=1S/C13H17N3OS/c1-9-16-10(8-18-9)7-11(14-2)13-12(17-3)5-4-6-15-13/h4-6,8,11,14H,7H2,1-3H3. The highest BCUT2D eigenvalue weighted by Crippen LogP contribution is 2.25. The van der Waals surface area contributed by atoms with Gasteiger partial charge >= 0.3 is 0 Å². The monoisotopic (exact) mass is 263 g/mol. The maximum Gasteiger partial charge on any atom is 0.141 e. The third-order valence-electron chi connectivity index (χ3n) is 2.78. The number of rotatable bonds is 5. The average molecular weight is 263 g/mol. The fraction of sp³-hybridized carbons (Fsp3) is 0.385. The zero-order valence-corrected chi connectivity index (χ0v) is 11.6. The fourth-order valence-electron chi connectivity index (χ4n) is 1.88. The summed E-state index contributed by atoms with van der Waals surface area (Å²) in [6.07, 6.45) is 2.60. The van der Waals surface area contributed by atoms with Crippen molar-refractivity contribution in [1.29, 1.82) is 0 Å². The molecule has 1 unspecified atom stereocenters. The number of nitrogens with one attached hydrogen (secondary N) is 1. The quantitative estimate of drug-likeness (QED) is 0.899. The van der Waals surface area contributed by atoms with Crippen molar-refractivity contribution >= 4 is 11.3 Å². The summed E-state index contributed by atoms with van der Waals surface area (Å²) in [5, 5.41) is 6.46. The number of pyridine rings is 1. The van der Waals surface area contributed by atoms with Gasteiger partial charge in [-0.3, -0.25) is 4.98 Å². The molecule has 0 aromatic carbocycles. The minimum atomic E-state index is 0.114. The molecule has 0 aliphatic rings. The molecule has 2 rings (SSSR count). The Labute approximate surface area is 111 Å². The summed E-state index contributed by atoms with van der Waals surface area (Å²) >= 11 is 1.67. The molecule has 5 heteroatoms. The third-order valence-corrected chi connectivity index (χ3v) is 3.60. The maximum atomic E-state index is 5.35. The Balaban J connectivity index is 2.22. The van der Waals surface area contributed by atoms with E-state index in [-0.39, 0.29) is 6.04 Å². The molecule has 1 atom stereocenters. The normalized spacial score (nSPS) is 12.4. The predicted molar refractivity (Wildman–Crippen MR) is 73.1 cm³/mol. The molecule has 0 bridgehead atoms. The van der Waals surface area contributed by atoms with Gasteiger partial charge in [0.1, 0.15) is 5.75 Å². The van der Waals surface area contributed by atoms with E-state index in [0.717, 1.165) is 28.6 Å². The van der Waals surface area contributed by atoms with E-state index in [2.05, 4.69) is 20.7 Å². The Morgan fingerprint density at radius 3 is 2.94 bits per heavy atom. The van der Waals surface area contributed by atoms with Crippen molar-refractivity contribution in [3.63, 3.8) is 0 Å². The van der Waals surface area contributed by atoms with Crippen LogP contribution in [-0.2, 0) is 6.42 Å². The average Bonchev–Trinajstić information content (AvgIpc) is 2.81. The molecule has 0 spiro atoms. The van der Waals surface area contributed by atoms with Gasteiger partial charge in [-0.2, -0.15) is 0 Å². The molecule has 0 amide bonds. The summed E-state index contributed by atoms with van der Waals surface area (Å²) in [4.78, 5) is 8.90. The van der Waals surface area contributed by atoms with Crippen molar-refractivity contribution in [1.82, 2.24) is 15.3 Å². The van der Waals surface area contributed by atoms with Gasteiger partial charge < -0.3 is 10.1 Å². The molecule has 0 radical (unpaired) electrons. The van der Waals surface area contributed by atoms with Gasteiger partial charge in [-0.05, 0) is 26.1 Å². The van der Waals surface area contributed by atoms with Gasteiger partial charge in [0, 0.05) is 18.0 Å². The second-order valence-corrected chi connectivity index (χ2v) is 5.06. The molecular formula is C13H17N3OS. The molecule has 0 aliphatic carbocycles. The van der Waals surface area contributed by atoms with Gasteiger partial charge in [0.15, 0.2) is 0 Å². The van der Waals surface area contributed by atoms with Crippen LogP contribution in [0.1, 0.15) is 22.4 Å². The Morgan fingerprint density at radius 1 is 1.50 bits per heavy atom. The van der Waals surface area contributed by atoms with Crippen molar-refractivity contribution < 1.29 is 4.74 Å². The Hall–Kier alpha value is -1.46. The Morgan fingerprint density at radius 2 is 2.33 bits per heavy atom. The molecule has 0 fully saturated rings. The number of thiazole rings is 1. The van der Waals surface area contributed by atoms with Crippen LogP contribution in [0.15, 0.2) is 23.7 Å². The number of hydrogen-bond donors (Lipinski definition) is 1. The number of aryl methyl sites for hydroxylation is 1. The summed E-state index contributed by atoms with van der Waals surface area (Å²) in [7, 11) is 3.60. The van der Waals surface area contributed by atoms with Crippen molar-refractivity contribution in [3.8, 4) is 5.75 Å². The van der Waals surface area contributed by atoms with E-state index in [1.807, 2.05) is 26.1 Å². The largest absolute Gasteiger partial charge is 0.495 e. The summed E-state index contributed by atoms with van der Waals surface area (Å²) in [6.45, 7) is 2.02. The molecular weight excluding hydrogens is 246 g/mol. The molecule has 4 nitrogen and oxygen atoms in total. The van der Waals surface area contributed by atoms with Crippen LogP contribution in [0, 0.1) is 6.92 Å². The molecule has 96 valence electrons. The van der Waals surface area contributed by atoms with Crippen LogP contribution in [0.25, 0.3) is 0 Å². The first-order valence-electron chi connectivity index (χ1n) is 5.81. The first-order chi connectivity index (χ1) is 8.74. The lowest BCUT2D eigenvalue weighted by atomic mass is 10.1. The number of hydrogen-bond acceptors (Lipinski definition) is 5. The van der Waals surface area contributed by atoms with E-state index in [1.54, 1.807) is 24.6 Å². The summed E-state index contributed by atoms with van der Waals surface area (Å²) in [6, 6.07) is 3.92. The van der Waals surface area contributed by atoms with Gasteiger partial charge in [-0.1, -0.05) is 0 Å². The smallest absolute Gasteiger partial charge is 0.141 e. The topological polar surface area (TPSA) is 47.0 Å². The highest BCUT2D eigenvalue weighted by Gasteiger charge is 2.17. The van der Waals surface area contributed by atoms with E-state index >= 15 is 0 Å². The van der Waals surface area contributed by atoms with Crippen molar-refractivity contribution in [2.24, 2.45) is 0 Å². The fourth-order valence-corrected chi connectivity index (χ4v) is 2.51. The van der Waals surface area contributed by atoms with E-state index in [1.165, 1.54) is 0 Å². The maximum absolute atomic E-state index is 5.35. The van der Waals surface area contributed by atoms with Gasteiger partial charge in [-0.15, -0.1) is 11.3 Å². The van der Waals surface area contributed by atoms with Crippen LogP contribution in [-0.4, -0.2) is 24.1 Å². The number of methoxy groups -OCH3 is 1. The zero-order chi connectivity index (χ0) is 13.0. The van der Waals surface area contributed by atoms with E-state index in [0.29, 0.717) is 0 Å². The van der Waals surface area contributed by atoms with Crippen molar-refractivity contribution in [3.05, 3.63) is 40.1 Å². The molecule has 2 heterocycles. The van der Waals surface area contributed by atoms with Gasteiger partial charge in [-0.25, -0.2) is 4.98 Å². The molecule has 2 aromatic rings. The van der Waals surface area contributed by atoms with Crippen LogP contribution < -0.4 is 10.1 Å². The minimum absolute atomic E-state index is 0.114. The predicted octanol–water partition coefficient (Wildman–Crippen LogP) is 2.36. The van der Waals surface area contributed by atoms with Gasteiger partial charge in [0.2, 0.25) is 0 Å². The summed E-state index contributed by atoms with van der Waals surface area (Å²) < 4.78 is 5.35. The summed E-state index contributed by atoms with van der Waals surface area (Å²) in [5.74, 6) is 0.809.